The summed E-state index contributed by atoms with van der Waals surface area (Å²) in [6, 6.07) is 2.56. The van der Waals surface area contributed by atoms with Crippen LogP contribution in [0.25, 0.3) is 0 Å². The molecule has 1 aliphatic carbocycles. The van der Waals surface area contributed by atoms with E-state index in [1.807, 2.05) is 0 Å². The molecule has 2 aliphatic heterocycles. The van der Waals surface area contributed by atoms with Gasteiger partial charge in [0.05, 0.1) is 23.7 Å². The van der Waals surface area contributed by atoms with Gasteiger partial charge in [0.2, 0.25) is 0 Å². The van der Waals surface area contributed by atoms with Crippen LogP contribution in [-0.4, -0.2) is 12.2 Å². The fourth-order valence-electron chi connectivity index (χ4n) is 3.34. The molecule has 2 bridgehead atoms. The maximum atomic E-state index is 9.22. The van der Waals surface area contributed by atoms with E-state index in [0.717, 1.165) is 19.3 Å². The quantitative estimate of drug-likeness (QED) is 0.615. The number of nitriles is 1. The summed E-state index contributed by atoms with van der Waals surface area (Å²) < 4.78 is 5.82. The van der Waals surface area contributed by atoms with E-state index in [4.69, 9.17) is 4.74 Å². The van der Waals surface area contributed by atoms with E-state index < -0.39 is 0 Å². The van der Waals surface area contributed by atoms with Crippen LogP contribution in [0.5, 0.6) is 0 Å². The molecule has 3 fully saturated rings. The van der Waals surface area contributed by atoms with E-state index >= 15 is 0 Å². The van der Waals surface area contributed by atoms with E-state index in [2.05, 4.69) is 6.07 Å². The smallest absolute Gasteiger partial charge is 0.0693 e. The Morgan fingerprint density at radius 3 is 2.54 bits per heavy atom. The van der Waals surface area contributed by atoms with Crippen molar-refractivity contribution in [2.75, 3.05) is 0 Å². The Morgan fingerprint density at radius 2 is 2.15 bits per heavy atom. The zero-order chi connectivity index (χ0) is 8.89. The van der Waals surface area contributed by atoms with E-state index in [1.165, 1.54) is 19.3 Å². The van der Waals surface area contributed by atoms with Gasteiger partial charge in [0, 0.05) is 5.92 Å². The first-order valence-electron chi connectivity index (χ1n) is 5.41. The van der Waals surface area contributed by atoms with Crippen molar-refractivity contribution in [1.29, 1.82) is 5.26 Å². The topological polar surface area (TPSA) is 33.0 Å². The zero-order valence-electron chi connectivity index (χ0n) is 7.83. The van der Waals surface area contributed by atoms with Crippen molar-refractivity contribution in [1.82, 2.24) is 0 Å². The second kappa shape index (κ2) is 2.48. The molecule has 70 valence electrons. The molecule has 0 aromatic heterocycles. The zero-order valence-corrected chi connectivity index (χ0v) is 7.83. The predicted molar refractivity (Wildman–Crippen MR) is 47.9 cm³/mol. The van der Waals surface area contributed by atoms with Gasteiger partial charge >= 0.3 is 0 Å². The number of hydrogen-bond donors (Lipinski definition) is 0. The van der Waals surface area contributed by atoms with Crippen LogP contribution in [0.2, 0.25) is 0 Å². The third-order valence-corrected chi connectivity index (χ3v) is 4.28. The summed E-state index contributed by atoms with van der Waals surface area (Å²) in [5.74, 6) is 0.574. The van der Waals surface area contributed by atoms with Crippen molar-refractivity contribution >= 4 is 0 Å². The van der Waals surface area contributed by atoms with Crippen LogP contribution < -0.4 is 0 Å². The second-order valence-corrected chi connectivity index (χ2v) is 4.84. The van der Waals surface area contributed by atoms with Crippen molar-refractivity contribution in [2.24, 2.45) is 11.3 Å². The van der Waals surface area contributed by atoms with Gasteiger partial charge in [0.1, 0.15) is 0 Å². The van der Waals surface area contributed by atoms with Gasteiger partial charge in [-0.25, -0.2) is 0 Å². The van der Waals surface area contributed by atoms with Crippen LogP contribution in [0.3, 0.4) is 0 Å². The van der Waals surface area contributed by atoms with Crippen molar-refractivity contribution in [3.8, 4) is 6.07 Å². The van der Waals surface area contributed by atoms with Gasteiger partial charge in [-0.15, -0.1) is 0 Å². The minimum Gasteiger partial charge on any atom is -0.375 e. The minimum atomic E-state index is 0.0276. The summed E-state index contributed by atoms with van der Waals surface area (Å²) in [4.78, 5) is 0. The Hall–Kier alpha value is -0.550. The largest absolute Gasteiger partial charge is 0.375 e. The van der Waals surface area contributed by atoms with Crippen LogP contribution in [0, 0.1) is 22.7 Å². The van der Waals surface area contributed by atoms with E-state index in [-0.39, 0.29) is 5.41 Å². The molecule has 0 aromatic rings. The van der Waals surface area contributed by atoms with Gasteiger partial charge in [-0.3, -0.25) is 0 Å². The molecule has 13 heavy (non-hydrogen) atoms. The summed E-state index contributed by atoms with van der Waals surface area (Å²) >= 11 is 0. The first-order valence-corrected chi connectivity index (χ1v) is 5.41. The van der Waals surface area contributed by atoms with Crippen LogP contribution in [0.1, 0.15) is 38.5 Å². The Kier molecular flexibility index (Phi) is 1.49. The molecule has 2 nitrogen and oxygen atoms in total. The van der Waals surface area contributed by atoms with Crippen molar-refractivity contribution in [3.63, 3.8) is 0 Å². The van der Waals surface area contributed by atoms with Crippen LogP contribution >= 0.6 is 0 Å². The monoisotopic (exact) mass is 177 g/mol. The molecule has 0 N–H and O–H groups in total. The lowest BCUT2D eigenvalue weighted by atomic mass is 9.58. The van der Waals surface area contributed by atoms with Gasteiger partial charge in [-0.1, -0.05) is 6.42 Å². The number of fused-ring (bicyclic) bond motifs is 2. The number of rotatable bonds is 1. The fourth-order valence-corrected chi connectivity index (χ4v) is 3.34. The number of ether oxygens (including phenoxy) is 1. The lowest BCUT2D eigenvalue weighted by Crippen LogP contribution is -2.40. The predicted octanol–water partition coefficient (Wildman–Crippen LogP) is 2.25. The first kappa shape index (κ1) is 7.82. The average molecular weight is 177 g/mol. The highest BCUT2D eigenvalue weighted by Crippen LogP contribution is 2.55. The van der Waals surface area contributed by atoms with E-state index in [0.29, 0.717) is 18.1 Å². The first-order chi connectivity index (χ1) is 6.34. The maximum absolute atomic E-state index is 9.22. The molecule has 1 saturated carbocycles. The van der Waals surface area contributed by atoms with Gasteiger partial charge < -0.3 is 4.74 Å². The van der Waals surface area contributed by atoms with Crippen LogP contribution in [0.15, 0.2) is 0 Å². The molecule has 3 aliphatic rings. The third-order valence-electron chi connectivity index (χ3n) is 4.28. The molecule has 0 aromatic carbocycles. The van der Waals surface area contributed by atoms with Gasteiger partial charge in [-0.2, -0.15) is 5.26 Å². The van der Waals surface area contributed by atoms with E-state index in [9.17, 15) is 5.26 Å². The molecule has 2 heterocycles. The van der Waals surface area contributed by atoms with Crippen LogP contribution in [-0.2, 0) is 4.74 Å². The summed E-state index contributed by atoms with van der Waals surface area (Å²) in [6.07, 6.45) is 8.05. The Bertz CT molecular complexity index is 264. The minimum absolute atomic E-state index is 0.0276. The highest BCUT2D eigenvalue weighted by Gasteiger charge is 2.54. The lowest BCUT2D eigenvalue weighted by Gasteiger charge is -2.42. The normalized spacial score (nSPS) is 45.6. The molecular formula is C11H15NO. The molecular weight excluding hydrogens is 162 g/mol. The molecule has 2 heteroatoms. The second-order valence-electron chi connectivity index (χ2n) is 4.84. The molecule has 0 radical (unpaired) electrons. The standard InChI is InChI=1S/C11H15NO/c12-7-11(4-1-5-11)9-6-8-2-3-10(9)13-8/h8-10H,1-6H2. The molecule has 3 atom stereocenters. The van der Waals surface area contributed by atoms with Crippen molar-refractivity contribution in [3.05, 3.63) is 0 Å². The van der Waals surface area contributed by atoms with Gasteiger partial charge in [0.25, 0.3) is 0 Å². The van der Waals surface area contributed by atoms with Crippen molar-refractivity contribution in [2.45, 2.75) is 50.7 Å². The summed E-state index contributed by atoms with van der Waals surface area (Å²) in [5, 5.41) is 9.22. The van der Waals surface area contributed by atoms with Gasteiger partial charge in [-0.05, 0) is 32.1 Å². The lowest BCUT2D eigenvalue weighted by molar-refractivity contribution is 0.0380. The molecule has 0 spiro atoms. The number of nitrogens with zero attached hydrogens (tertiary/aromatic N) is 1. The Labute approximate surface area is 78.9 Å². The Balaban J connectivity index is 1.82. The molecule has 0 amide bonds. The molecule has 2 saturated heterocycles. The van der Waals surface area contributed by atoms with Crippen LogP contribution in [0.4, 0.5) is 0 Å². The maximum Gasteiger partial charge on any atom is 0.0693 e. The van der Waals surface area contributed by atoms with E-state index in [1.54, 1.807) is 0 Å². The Morgan fingerprint density at radius 1 is 1.31 bits per heavy atom. The summed E-state index contributed by atoms with van der Waals surface area (Å²) in [5.41, 5.74) is 0.0276. The molecule has 3 unspecified atom stereocenters. The highest BCUT2D eigenvalue weighted by atomic mass is 16.5. The third kappa shape index (κ3) is 0.914. The summed E-state index contributed by atoms with van der Waals surface area (Å²) in [7, 11) is 0. The summed E-state index contributed by atoms with van der Waals surface area (Å²) in [6.45, 7) is 0. The number of hydrogen-bond acceptors (Lipinski definition) is 2. The average Bonchev–Trinajstić information content (AvgIpc) is 2.64. The molecule has 3 rings (SSSR count). The van der Waals surface area contributed by atoms with Crippen molar-refractivity contribution < 1.29 is 4.74 Å². The fraction of sp³-hybridized carbons (Fsp3) is 0.909. The van der Waals surface area contributed by atoms with Gasteiger partial charge in [0.15, 0.2) is 0 Å². The SMILES string of the molecule is N#CC1(C2CC3CCC2O3)CCC1. The highest BCUT2D eigenvalue weighted by molar-refractivity contribution is 5.13.